The Balaban J connectivity index is 2.14. The molecule has 5 heteroatoms. The van der Waals surface area contributed by atoms with Crippen LogP contribution >= 0.6 is 11.3 Å². The predicted octanol–water partition coefficient (Wildman–Crippen LogP) is 3.86. The first-order valence-electron chi connectivity index (χ1n) is 6.77. The van der Waals surface area contributed by atoms with E-state index in [-0.39, 0.29) is 0 Å². The maximum absolute atomic E-state index is 5.64. The Bertz CT molecular complexity index is 555. The lowest BCUT2D eigenvalue weighted by Gasteiger charge is -2.14. The molecule has 0 saturated heterocycles. The Hall–Kier alpha value is -1.75. The normalized spacial score (nSPS) is 10.3. The van der Waals surface area contributed by atoms with Gasteiger partial charge in [-0.15, -0.1) is 11.3 Å². The average Bonchev–Trinajstić information content (AvgIpc) is 2.85. The van der Waals surface area contributed by atoms with Crippen molar-refractivity contribution in [2.24, 2.45) is 0 Å². The summed E-state index contributed by atoms with van der Waals surface area (Å²) < 4.78 is 11.2. The van der Waals surface area contributed by atoms with Crippen LogP contribution in [0.3, 0.4) is 0 Å². The Morgan fingerprint density at radius 2 is 2.00 bits per heavy atom. The van der Waals surface area contributed by atoms with Crippen LogP contribution in [0.25, 0.3) is 0 Å². The van der Waals surface area contributed by atoms with E-state index in [0.717, 1.165) is 29.4 Å². The van der Waals surface area contributed by atoms with Gasteiger partial charge in [-0.1, -0.05) is 0 Å². The highest BCUT2D eigenvalue weighted by atomic mass is 32.1. The average molecular weight is 292 g/mol. The lowest BCUT2D eigenvalue weighted by atomic mass is 10.2. The second-order valence-corrected chi connectivity index (χ2v) is 5.18. The third kappa shape index (κ3) is 3.63. The summed E-state index contributed by atoms with van der Waals surface area (Å²) in [4.78, 5) is 5.49. The number of rotatable bonds is 7. The molecule has 0 spiro atoms. The van der Waals surface area contributed by atoms with E-state index < -0.39 is 0 Å². The van der Waals surface area contributed by atoms with E-state index in [1.54, 1.807) is 11.3 Å². The minimum absolute atomic E-state index is 0.641. The number of aromatic nitrogens is 1. The minimum atomic E-state index is 0.641. The molecule has 2 aromatic rings. The molecular formula is C15H20N2O2S. The second kappa shape index (κ2) is 7.14. The molecule has 1 aromatic carbocycles. The monoisotopic (exact) mass is 292 g/mol. The maximum Gasteiger partial charge on any atom is 0.142 e. The van der Waals surface area contributed by atoms with Gasteiger partial charge in [-0.05, 0) is 32.9 Å². The van der Waals surface area contributed by atoms with Crippen LogP contribution in [0.2, 0.25) is 0 Å². The summed E-state index contributed by atoms with van der Waals surface area (Å²) in [7, 11) is 0. The SMILES string of the molecule is CCOc1ccc(OCC)c(NCc2scnc2C)c1. The first-order valence-corrected chi connectivity index (χ1v) is 7.65. The van der Waals surface area contributed by atoms with Crippen molar-refractivity contribution in [3.8, 4) is 11.5 Å². The molecule has 0 bridgehead atoms. The van der Waals surface area contributed by atoms with Gasteiger partial charge in [-0.2, -0.15) is 0 Å². The number of aryl methyl sites for hydroxylation is 1. The minimum Gasteiger partial charge on any atom is -0.494 e. The highest BCUT2D eigenvalue weighted by Gasteiger charge is 2.07. The van der Waals surface area contributed by atoms with Gasteiger partial charge in [-0.3, -0.25) is 0 Å². The molecule has 108 valence electrons. The van der Waals surface area contributed by atoms with Gasteiger partial charge in [0.25, 0.3) is 0 Å². The highest BCUT2D eigenvalue weighted by Crippen LogP contribution is 2.30. The van der Waals surface area contributed by atoms with Crippen LogP contribution in [0.1, 0.15) is 24.4 Å². The molecule has 2 rings (SSSR count). The van der Waals surface area contributed by atoms with Crippen molar-refractivity contribution in [1.82, 2.24) is 4.98 Å². The Morgan fingerprint density at radius 1 is 1.20 bits per heavy atom. The molecule has 0 saturated carbocycles. The van der Waals surface area contributed by atoms with E-state index in [9.17, 15) is 0 Å². The van der Waals surface area contributed by atoms with Crippen LogP contribution < -0.4 is 14.8 Å². The number of nitrogens with one attached hydrogen (secondary N) is 1. The highest BCUT2D eigenvalue weighted by molar-refractivity contribution is 7.09. The second-order valence-electron chi connectivity index (χ2n) is 4.24. The molecule has 4 nitrogen and oxygen atoms in total. The van der Waals surface area contributed by atoms with Crippen molar-refractivity contribution in [2.45, 2.75) is 27.3 Å². The molecule has 0 aliphatic rings. The van der Waals surface area contributed by atoms with E-state index in [1.165, 1.54) is 4.88 Å². The smallest absolute Gasteiger partial charge is 0.142 e. The van der Waals surface area contributed by atoms with E-state index in [1.807, 2.05) is 44.5 Å². The standard InChI is InChI=1S/C15H20N2O2S/c1-4-18-12-6-7-14(19-5-2)13(8-12)16-9-15-11(3)17-10-20-15/h6-8,10,16H,4-5,9H2,1-3H3. The van der Waals surface area contributed by atoms with Gasteiger partial charge >= 0.3 is 0 Å². The fraction of sp³-hybridized carbons (Fsp3) is 0.400. The number of anilines is 1. The molecular weight excluding hydrogens is 272 g/mol. The zero-order valence-electron chi connectivity index (χ0n) is 12.1. The third-order valence-electron chi connectivity index (χ3n) is 2.85. The number of ether oxygens (including phenoxy) is 2. The molecule has 0 amide bonds. The maximum atomic E-state index is 5.64. The quantitative estimate of drug-likeness (QED) is 0.841. The van der Waals surface area contributed by atoms with Crippen LogP contribution in [0.4, 0.5) is 5.69 Å². The van der Waals surface area contributed by atoms with Crippen LogP contribution in [0, 0.1) is 6.92 Å². The summed E-state index contributed by atoms with van der Waals surface area (Å²) in [6.45, 7) is 8.02. The zero-order valence-corrected chi connectivity index (χ0v) is 12.9. The van der Waals surface area contributed by atoms with Gasteiger partial charge in [0.1, 0.15) is 11.5 Å². The number of hydrogen-bond acceptors (Lipinski definition) is 5. The van der Waals surface area contributed by atoms with Gasteiger partial charge in [0.05, 0.1) is 36.7 Å². The van der Waals surface area contributed by atoms with Gasteiger partial charge < -0.3 is 14.8 Å². The fourth-order valence-electron chi connectivity index (χ4n) is 1.86. The molecule has 0 unspecified atom stereocenters. The third-order valence-corrected chi connectivity index (χ3v) is 3.78. The van der Waals surface area contributed by atoms with Crippen molar-refractivity contribution < 1.29 is 9.47 Å². The lowest BCUT2D eigenvalue weighted by Crippen LogP contribution is -2.03. The molecule has 1 N–H and O–H groups in total. The summed E-state index contributed by atoms with van der Waals surface area (Å²) in [5.41, 5.74) is 3.89. The Morgan fingerprint density at radius 3 is 2.65 bits per heavy atom. The molecule has 0 aliphatic heterocycles. The van der Waals surface area contributed by atoms with Crippen molar-refractivity contribution in [3.05, 3.63) is 34.3 Å². The Labute approximate surface area is 123 Å². The van der Waals surface area contributed by atoms with Crippen LogP contribution in [-0.2, 0) is 6.54 Å². The molecule has 1 heterocycles. The molecule has 0 atom stereocenters. The van der Waals surface area contributed by atoms with Crippen molar-refractivity contribution >= 4 is 17.0 Å². The summed E-state index contributed by atoms with van der Waals surface area (Å²) in [6, 6.07) is 5.85. The van der Waals surface area contributed by atoms with Gasteiger partial charge in [0.15, 0.2) is 0 Å². The number of hydrogen-bond donors (Lipinski definition) is 1. The number of nitrogens with zero attached hydrogens (tertiary/aromatic N) is 1. The van der Waals surface area contributed by atoms with E-state index in [2.05, 4.69) is 10.3 Å². The van der Waals surface area contributed by atoms with E-state index in [4.69, 9.17) is 9.47 Å². The topological polar surface area (TPSA) is 43.4 Å². The van der Waals surface area contributed by atoms with Gasteiger partial charge in [0, 0.05) is 10.9 Å². The van der Waals surface area contributed by atoms with Crippen LogP contribution in [0.15, 0.2) is 23.7 Å². The summed E-state index contributed by atoms with van der Waals surface area (Å²) in [5, 5.41) is 3.41. The molecule has 0 aliphatic carbocycles. The largest absolute Gasteiger partial charge is 0.494 e. The van der Waals surface area contributed by atoms with Crippen LogP contribution in [-0.4, -0.2) is 18.2 Å². The molecule has 0 fully saturated rings. The number of benzene rings is 1. The van der Waals surface area contributed by atoms with Crippen molar-refractivity contribution in [2.75, 3.05) is 18.5 Å². The summed E-state index contributed by atoms with van der Waals surface area (Å²) in [5.74, 6) is 1.69. The summed E-state index contributed by atoms with van der Waals surface area (Å²) >= 11 is 1.66. The molecule has 1 aromatic heterocycles. The number of thiazole rings is 1. The summed E-state index contributed by atoms with van der Waals surface area (Å²) in [6.07, 6.45) is 0. The lowest BCUT2D eigenvalue weighted by molar-refractivity contribution is 0.332. The molecule has 20 heavy (non-hydrogen) atoms. The first-order chi connectivity index (χ1) is 9.74. The van der Waals surface area contributed by atoms with Crippen LogP contribution in [0.5, 0.6) is 11.5 Å². The Kier molecular flexibility index (Phi) is 5.24. The predicted molar refractivity (Wildman–Crippen MR) is 83.0 cm³/mol. The van der Waals surface area contributed by atoms with Gasteiger partial charge in [-0.25, -0.2) is 4.98 Å². The fourth-order valence-corrected chi connectivity index (χ4v) is 2.57. The van der Waals surface area contributed by atoms with Crippen molar-refractivity contribution in [1.29, 1.82) is 0 Å². The van der Waals surface area contributed by atoms with Crippen molar-refractivity contribution in [3.63, 3.8) is 0 Å². The van der Waals surface area contributed by atoms with E-state index in [0.29, 0.717) is 13.2 Å². The first kappa shape index (κ1) is 14.7. The molecule has 0 radical (unpaired) electrons. The van der Waals surface area contributed by atoms with Gasteiger partial charge in [0.2, 0.25) is 0 Å². The zero-order chi connectivity index (χ0) is 14.4. The van der Waals surface area contributed by atoms with E-state index >= 15 is 0 Å².